The Labute approximate surface area is 172 Å². The second kappa shape index (κ2) is 7.59. The van der Waals surface area contributed by atoms with Crippen LogP contribution in [-0.2, 0) is 20.5 Å². The molecule has 1 N–H and O–H groups in total. The van der Waals surface area contributed by atoms with E-state index in [0.717, 1.165) is 27.3 Å². The molecule has 0 radical (unpaired) electrons. The summed E-state index contributed by atoms with van der Waals surface area (Å²) in [6, 6.07) is 13.3. The number of nitrogens with one attached hydrogen (secondary N) is 1. The third kappa shape index (κ3) is 3.18. The minimum Gasteiger partial charge on any atom is -0.321 e. The molecule has 0 aliphatic heterocycles. The van der Waals surface area contributed by atoms with Crippen LogP contribution in [0.4, 0.5) is 5.69 Å². The van der Waals surface area contributed by atoms with E-state index >= 15 is 0 Å². The quantitative estimate of drug-likeness (QED) is 0.569. The summed E-state index contributed by atoms with van der Waals surface area (Å²) in [7, 11) is 2.98. The summed E-state index contributed by atoms with van der Waals surface area (Å²) in [4.78, 5) is 42.7. The zero-order valence-corrected chi connectivity index (χ0v) is 17.1. The van der Waals surface area contributed by atoms with E-state index in [1.807, 2.05) is 43.3 Å². The van der Waals surface area contributed by atoms with Crippen molar-refractivity contribution in [1.82, 2.24) is 14.1 Å². The monoisotopic (exact) mass is 402 g/mol. The molecule has 0 saturated heterocycles. The first kappa shape index (κ1) is 19.6. The Balaban J connectivity index is 1.89. The second-order valence-electron chi connectivity index (χ2n) is 7.33. The van der Waals surface area contributed by atoms with E-state index in [1.54, 1.807) is 19.3 Å². The molecule has 0 aliphatic carbocycles. The molecule has 7 nitrogen and oxygen atoms in total. The van der Waals surface area contributed by atoms with Crippen LogP contribution in [0.3, 0.4) is 0 Å². The van der Waals surface area contributed by atoms with Gasteiger partial charge in [-0.25, -0.2) is 9.78 Å². The molecular weight excluding hydrogens is 380 g/mol. The lowest BCUT2D eigenvalue weighted by Crippen LogP contribution is -2.38. The number of hydrogen-bond acceptors (Lipinski definition) is 4. The summed E-state index contributed by atoms with van der Waals surface area (Å²) in [5, 5.41) is 5.16. The molecule has 0 aliphatic rings. The van der Waals surface area contributed by atoms with Gasteiger partial charge in [-0.1, -0.05) is 43.7 Å². The van der Waals surface area contributed by atoms with Crippen LogP contribution in [0.1, 0.15) is 29.3 Å². The number of pyridine rings is 1. The fraction of sp³-hybridized carbons (Fsp3) is 0.217. The Bertz CT molecular complexity index is 1420. The van der Waals surface area contributed by atoms with Gasteiger partial charge in [0, 0.05) is 25.9 Å². The molecule has 0 bridgehead atoms. The van der Waals surface area contributed by atoms with Crippen molar-refractivity contribution in [3.63, 3.8) is 0 Å². The maximum Gasteiger partial charge on any atom is 0.332 e. The largest absolute Gasteiger partial charge is 0.332 e. The standard InChI is InChI=1S/C23H22N4O3/c1-4-7-17-13-24-20-18(22(29)27(3)23(30)26(20)2)19(17)25-21(28)16-11-10-14-8-5-6-9-15(14)12-16/h5-6,8-13H,4,7H2,1-3H3,(H,24,25,28). The summed E-state index contributed by atoms with van der Waals surface area (Å²) < 4.78 is 2.35. The number of anilines is 1. The molecule has 1 amide bonds. The van der Waals surface area contributed by atoms with E-state index in [-0.39, 0.29) is 16.9 Å². The number of aromatic nitrogens is 3. The Hall–Kier alpha value is -3.74. The zero-order valence-electron chi connectivity index (χ0n) is 17.1. The predicted molar refractivity (Wildman–Crippen MR) is 118 cm³/mol. The summed E-state index contributed by atoms with van der Waals surface area (Å²) >= 11 is 0. The van der Waals surface area contributed by atoms with E-state index < -0.39 is 11.2 Å². The van der Waals surface area contributed by atoms with Gasteiger partial charge < -0.3 is 5.32 Å². The highest BCUT2D eigenvalue weighted by Gasteiger charge is 2.19. The number of hydrogen-bond donors (Lipinski definition) is 1. The number of rotatable bonds is 4. The molecule has 0 atom stereocenters. The van der Waals surface area contributed by atoms with Gasteiger partial charge in [0.15, 0.2) is 5.65 Å². The Morgan fingerprint density at radius 2 is 1.77 bits per heavy atom. The smallest absolute Gasteiger partial charge is 0.321 e. The average Bonchev–Trinajstić information content (AvgIpc) is 2.76. The molecule has 0 unspecified atom stereocenters. The molecule has 2 aromatic carbocycles. The van der Waals surface area contributed by atoms with E-state index in [0.29, 0.717) is 17.7 Å². The number of amides is 1. The van der Waals surface area contributed by atoms with Crippen molar-refractivity contribution in [2.45, 2.75) is 19.8 Å². The summed E-state index contributed by atoms with van der Waals surface area (Å²) in [5.41, 5.74) is 0.966. The summed E-state index contributed by atoms with van der Waals surface area (Å²) in [6.45, 7) is 2.01. The van der Waals surface area contributed by atoms with E-state index in [9.17, 15) is 14.4 Å². The highest BCUT2D eigenvalue weighted by Crippen LogP contribution is 2.25. The fourth-order valence-corrected chi connectivity index (χ4v) is 3.69. The number of carbonyl (C=O) groups excluding carboxylic acids is 1. The molecule has 0 saturated carbocycles. The van der Waals surface area contributed by atoms with Gasteiger partial charge in [-0.3, -0.25) is 18.7 Å². The summed E-state index contributed by atoms with van der Waals surface area (Å²) in [6.07, 6.45) is 3.08. The second-order valence-corrected chi connectivity index (χ2v) is 7.33. The van der Waals surface area contributed by atoms with Crippen molar-refractivity contribution in [1.29, 1.82) is 0 Å². The van der Waals surface area contributed by atoms with Crippen LogP contribution in [0.2, 0.25) is 0 Å². The molecule has 0 fully saturated rings. The van der Waals surface area contributed by atoms with E-state index in [2.05, 4.69) is 10.3 Å². The van der Waals surface area contributed by atoms with Crippen LogP contribution >= 0.6 is 0 Å². The minimum absolute atomic E-state index is 0.236. The molecule has 30 heavy (non-hydrogen) atoms. The number of aryl methyl sites for hydroxylation is 2. The molecule has 2 aromatic heterocycles. The van der Waals surface area contributed by atoms with Crippen molar-refractivity contribution in [3.05, 3.63) is 80.6 Å². The third-order valence-corrected chi connectivity index (χ3v) is 5.32. The average molecular weight is 402 g/mol. The Morgan fingerprint density at radius 3 is 2.50 bits per heavy atom. The molecule has 0 spiro atoms. The number of carbonyl (C=O) groups is 1. The fourth-order valence-electron chi connectivity index (χ4n) is 3.69. The van der Waals surface area contributed by atoms with Crippen molar-refractivity contribution in [2.24, 2.45) is 14.1 Å². The Kier molecular flexibility index (Phi) is 4.95. The first-order valence-corrected chi connectivity index (χ1v) is 9.80. The van der Waals surface area contributed by atoms with E-state index in [1.165, 1.54) is 11.6 Å². The molecule has 152 valence electrons. The van der Waals surface area contributed by atoms with Crippen LogP contribution in [0.25, 0.3) is 21.8 Å². The zero-order chi connectivity index (χ0) is 21.4. The Morgan fingerprint density at radius 1 is 1.03 bits per heavy atom. The van der Waals surface area contributed by atoms with Crippen LogP contribution in [-0.4, -0.2) is 20.0 Å². The molecule has 4 aromatic rings. The van der Waals surface area contributed by atoms with Gasteiger partial charge in [0.2, 0.25) is 0 Å². The first-order valence-electron chi connectivity index (χ1n) is 9.80. The highest BCUT2D eigenvalue weighted by molar-refractivity contribution is 6.10. The molecule has 7 heteroatoms. The van der Waals surface area contributed by atoms with Gasteiger partial charge in [0.25, 0.3) is 11.5 Å². The van der Waals surface area contributed by atoms with Crippen molar-refractivity contribution in [3.8, 4) is 0 Å². The first-order chi connectivity index (χ1) is 14.4. The van der Waals surface area contributed by atoms with Crippen molar-refractivity contribution >= 4 is 33.4 Å². The maximum absolute atomic E-state index is 13.1. The lowest BCUT2D eigenvalue weighted by molar-refractivity contribution is 0.102. The number of nitrogens with zero attached hydrogens (tertiary/aromatic N) is 3. The van der Waals surface area contributed by atoms with Crippen molar-refractivity contribution < 1.29 is 4.79 Å². The van der Waals surface area contributed by atoms with Crippen LogP contribution in [0, 0.1) is 0 Å². The SMILES string of the molecule is CCCc1cnc2c(c1NC(=O)c1ccc3ccccc3c1)c(=O)n(C)c(=O)n2C. The minimum atomic E-state index is -0.479. The lowest BCUT2D eigenvalue weighted by Gasteiger charge is -2.15. The van der Waals surface area contributed by atoms with Crippen molar-refractivity contribution in [2.75, 3.05) is 5.32 Å². The highest BCUT2D eigenvalue weighted by atomic mass is 16.2. The van der Waals surface area contributed by atoms with Gasteiger partial charge in [0.05, 0.1) is 5.69 Å². The van der Waals surface area contributed by atoms with Crippen LogP contribution in [0.15, 0.2) is 58.3 Å². The lowest BCUT2D eigenvalue weighted by atomic mass is 10.1. The predicted octanol–water partition coefficient (Wildman–Crippen LogP) is 2.99. The van der Waals surface area contributed by atoms with E-state index in [4.69, 9.17) is 0 Å². The molecule has 2 heterocycles. The molecule has 4 rings (SSSR count). The van der Waals surface area contributed by atoms with Gasteiger partial charge in [0.1, 0.15) is 5.39 Å². The normalized spacial score (nSPS) is 11.2. The maximum atomic E-state index is 13.1. The topological polar surface area (TPSA) is 86.0 Å². The third-order valence-electron chi connectivity index (χ3n) is 5.32. The van der Waals surface area contributed by atoms with Gasteiger partial charge in [-0.05, 0) is 34.9 Å². The van der Waals surface area contributed by atoms with Gasteiger partial charge in [-0.15, -0.1) is 0 Å². The summed E-state index contributed by atoms with van der Waals surface area (Å²) in [5.74, 6) is -0.318. The molecular formula is C23H22N4O3. The number of benzene rings is 2. The van der Waals surface area contributed by atoms with Crippen LogP contribution < -0.4 is 16.6 Å². The number of fused-ring (bicyclic) bond motifs is 2. The van der Waals surface area contributed by atoms with Crippen LogP contribution in [0.5, 0.6) is 0 Å². The van der Waals surface area contributed by atoms with Gasteiger partial charge >= 0.3 is 5.69 Å². The van der Waals surface area contributed by atoms with Gasteiger partial charge in [-0.2, -0.15) is 0 Å².